The summed E-state index contributed by atoms with van der Waals surface area (Å²) < 4.78 is 5.93. The number of thioether (sulfide) groups is 1. The van der Waals surface area contributed by atoms with Gasteiger partial charge in [0, 0.05) is 16.0 Å². The molecule has 3 aromatic rings. The number of fused-ring (bicyclic) bond motifs is 3. The Morgan fingerprint density at radius 1 is 1.08 bits per heavy atom. The molecule has 1 aliphatic carbocycles. The summed E-state index contributed by atoms with van der Waals surface area (Å²) in [6, 6.07) is 6.35. The quantitative estimate of drug-likeness (QED) is 0.344. The maximum absolute atomic E-state index is 5.93. The summed E-state index contributed by atoms with van der Waals surface area (Å²) in [4.78, 5) is 11.7. The van der Waals surface area contributed by atoms with Crippen LogP contribution in [0.2, 0.25) is 0 Å². The van der Waals surface area contributed by atoms with E-state index in [-0.39, 0.29) is 0 Å². The highest BCUT2D eigenvalue weighted by Gasteiger charge is 2.19. The molecule has 130 valence electrons. The number of nitrogens with zero attached hydrogens (tertiary/aromatic N) is 2. The van der Waals surface area contributed by atoms with Crippen molar-refractivity contribution in [1.29, 1.82) is 0 Å². The van der Waals surface area contributed by atoms with E-state index in [2.05, 4.69) is 42.0 Å². The average molecular weight is 371 g/mol. The van der Waals surface area contributed by atoms with Crippen LogP contribution >= 0.6 is 23.1 Å². The van der Waals surface area contributed by atoms with E-state index in [1.807, 2.05) is 11.3 Å². The summed E-state index contributed by atoms with van der Waals surface area (Å²) in [5.41, 5.74) is 3.99. The molecule has 0 radical (unpaired) electrons. The predicted octanol–water partition coefficient (Wildman–Crippen LogP) is 5.36. The van der Waals surface area contributed by atoms with Crippen LogP contribution in [0.15, 0.2) is 29.6 Å². The summed E-state index contributed by atoms with van der Waals surface area (Å²) in [5.74, 6) is 1.85. The van der Waals surface area contributed by atoms with E-state index in [9.17, 15) is 0 Å². The number of benzene rings is 1. The maximum Gasteiger partial charge on any atom is 0.128 e. The molecular formula is C20H22N2OS2. The zero-order valence-electron chi connectivity index (χ0n) is 14.7. The van der Waals surface area contributed by atoms with Crippen molar-refractivity contribution in [2.75, 3.05) is 12.4 Å². The van der Waals surface area contributed by atoms with Crippen LogP contribution in [0.3, 0.4) is 0 Å². The van der Waals surface area contributed by atoms with Crippen LogP contribution in [0.1, 0.15) is 34.4 Å². The molecule has 0 spiro atoms. The Kier molecular flexibility index (Phi) is 4.95. The van der Waals surface area contributed by atoms with Crippen LogP contribution in [-0.2, 0) is 12.8 Å². The maximum atomic E-state index is 5.93. The van der Waals surface area contributed by atoms with E-state index in [1.165, 1.54) is 52.6 Å². The number of ether oxygens (including phenoxy) is 1. The van der Waals surface area contributed by atoms with Crippen LogP contribution < -0.4 is 4.74 Å². The van der Waals surface area contributed by atoms with Crippen molar-refractivity contribution in [2.24, 2.45) is 0 Å². The molecule has 0 aliphatic heterocycles. The lowest BCUT2D eigenvalue weighted by Gasteiger charge is -2.11. The molecule has 1 aromatic carbocycles. The SMILES string of the molecule is Cc1cc(C)cc(OCCSc2ncnc3sc4c(c23)CCCC4)c1. The fraction of sp³-hybridized carbons (Fsp3) is 0.400. The second kappa shape index (κ2) is 7.34. The van der Waals surface area contributed by atoms with Crippen molar-refractivity contribution in [3.63, 3.8) is 0 Å². The van der Waals surface area contributed by atoms with Crippen molar-refractivity contribution in [1.82, 2.24) is 9.97 Å². The first-order valence-corrected chi connectivity index (χ1v) is 10.6. The van der Waals surface area contributed by atoms with Gasteiger partial charge in [0.05, 0.1) is 6.61 Å². The summed E-state index contributed by atoms with van der Waals surface area (Å²) >= 11 is 3.64. The lowest BCUT2D eigenvalue weighted by molar-refractivity contribution is 0.343. The molecule has 0 bridgehead atoms. The van der Waals surface area contributed by atoms with Crippen LogP contribution in [0.5, 0.6) is 5.75 Å². The standard InChI is InChI=1S/C20H22N2OS2/c1-13-9-14(2)11-15(10-13)23-7-8-24-19-18-16-5-3-4-6-17(16)25-20(18)22-12-21-19/h9-12H,3-8H2,1-2H3. The van der Waals surface area contributed by atoms with Gasteiger partial charge in [0.15, 0.2) is 0 Å². The fourth-order valence-electron chi connectivity index (χ4n) is 3.48. The van der Waals surface area contributed by atoms with Crippen LogP contribution in [0.25, 0.3) is 10.2 Å². The van der Waals surface area contributed by atoms with Gasteiger partial charge in [-0.05, 0) is 68.4 Å². The molecule has 2 aromatic heterocycles. The topological polar surface area (TPSA) is 35.0 Å². The molecule has 0 N–H and O–H groups in total. The molecule has 0 atom stereocenters. The van der Waals surface area contributed by atoms with E-state index >= 15 is 0 Å². The minimum absolute atomic E-state index is 0.686. The molecular weight excluding hydrogens is 348 g/mol. The van der Waals surface area contributed by atoms with Crippen molar-refractivity contribution in [3.8, 4) is 5.75 Å². The Morgan fingerprint density at radius 2 is 1.88 bits per heavy atom. The van der Waals surface area contributed by atoms with Crippen molar-refractivity contribution in [2.45, 2.75) is 44.6 Å². The minimum atomic E-state index is 0.686. The average Bonchev–Trinajstić information content (AvgIpc) is 2.97. The molecule has 0 fully saturated rings. The smallest absolute Gasteiger partial charge is 0.128 e. The van der Waals surface area contributed by atoms with Crippen molar-refractivity contribution < 1.29 is 4.74 Å². The molecule has 1 aliphatic rings. The Balaban J connectivity index is 1.45. The van der Waals surface area contributed by atoms with Gasteiger partial charge >= 0.3 is 0 Å². The normalized spacial score (nSPS) is 13.8. The number of hydrogen-bond donors (Lipinski definition) is 0. The van der Waals surface area contributed by atoms with Gasteiger partial charge in [0.25, 0.3) is 0 Å². The Morgan fingerprint density at radius 3 is 2.72 bits per heavy atom. The minimum Gasteiger partial charge on any atom is -0.493 e. The van der Waals surface area contributed by atoms with Gasteiger partial charge in [-0.3, -0.25) is 0 Å². The summed E-state index contributed by atoms with van der Waals surface area (Å²) in [5, 5.41) is 2.42. The van der Waals surface area contributed by atoms with E-state index in [4.69, 9.17) is 4.74 Å². The van der Waals surface area contributed by atoms with Crippen LogP contribution in [0, 0.1) is 13.8 Å². The largest absolute Gasteiger partial charge is 0.493 e. The van der Waals surface area contributed by atoms with E-state index < -0.39 is 0 Å². The molecule has 3 nitrogen and oxygen atoms in total. The van der Waals surface area contributed by atoms with Gasteiger partial charge in [0.2, 0.25) is 0 Å². The van der Waals surface area contributed by atoms with Gasteiger partial charge in [0.1, 0.15) is 21.9 Å². The van der Waals surface area contributed by atoms with Crippen molar-refractivity contribution in [3.05, 3.63) is 46.1 Å². The zero-order chi connectivity index (χ0) is 17.2. The van der Waals surface area contributed by atoms with Gasteiger partial charge in [-0.25, -0.2) is 9.97 Å². The van der Waals surface area contributed by atoms with Crippen LogP contribution in [-0.4, -0.2) is 22.3 Å². The third kappa shape index (κ3) is 3.67. The highest BCUT2D eigenvalue weighted by molar-refractivity contribution is 7.99. The highest BCUT2D eigenvalue weighted by Crippen LogP contribution is 2.39. The van der Waals surface area contributed by atoms with Gasteiger partial charge < -0.3 is 4.74 Å². The third-order valence-corrected chi connectivity index (χ3v) is 6.66. The molecule has 0 amide bonds. The van der Waals surface area contributed by atoms with Crippen molar-refractivity contribution >= 4 is 33.3 Å². The number of hydrogen-bond acceptors (Lipinski definition) is 5. The fourth-order valence-corrected chi connectivity index (χ4v) is 5.62. The number of thiophene rings is 1. The third-order valence-electron chi connectivity index (χ3n) is 4.50. The molecule has 4 rings (SSSR count). The molecule has 0 saturated heterocycles. The Labute approximate surface area is 156 Å². The highest BCUT2D eigenvalue weighted by atomic mass is 32.2. The molecule has 0 saturated carbocycles. The monoisotopic (exact) mass is 370 g/mol. The molecule has 0 unspecified atom stereocenters. The first kappa shape index (κ1) is 16.9. The second-order valence-electron chi connectivity index (χ2n) is 6.59. The molecule has 25 heavy (non-hydrogen) atoms. The molecule has 5 heteroatoms. The Bertz CT molecular complexity index is 884. The van der Waals surface area contributed by atoms with E-state index in [0.717, 1.165) is 21.4 Å². The first-order valence-electron chi connectivity index (χ1n) is 8.80. The number of aryl methyl sites for hydroxylation is 4. The van der Waals surface area contributed by atoms with E-state index in [1.54, 1.807) is 18.1 Å². The number of aromatic nitrogens is 2. The summed E-state index contributed by atoms with van der Waals surface area (Å²) in [6.45, 7) is 4.89. The first-order chi connectivity index (χ1) is 12.2. The molecule has 2 heterocycles. The van der Waals surface area contributed by atoms with Gasteiger partial charge in [-0.15, -0.1) is 23.1 Å². The van der Waals surface area contributed by atoms with Gasteiger partial charge in [-0.2, -0.15) is 0 Å². The van der Waals surface area contributed by atoms with Gasteiger partial charge in [-0.1, -0.05) is 6.07 Å². The predicted molar refractivity (Wildman–Crippen MR) is 106 cm³/mol. The van der Waals surface area contributed by atoms with Crippen LogP contribution in [0.4, 0.5) is 0 Å². The lowest BCUT2D eigenvalue weighted by atomic mass is 9.97. The van der Waals surface area contributed by atoms with E-state index in [0.29, 0.717) is 6.61 Å². The summed E-state index contributed by atoms with van der Waals surface area (Å²) in [7, 11) is 0. The zero-order valence-corrected chi connectivity index (χ0v) is 16.3. The second-order valence-corrected chi connectivity index (χ2v) is 8.76. The number of rotatable bonds is 5. The Hall–Kier alpha value is -1.59. The lowest BCUT2D eigenvalue weighted by Crippen LogP contribution is -2.02. The summed E-state index contributed by atoms with van der Waals surface area (Å²) in [6.07, 6.45) is 6.68.